The summed E-state index contributed by atoms with van der Waals surface area (Å²) in [7, 11) is 0. The van der Waals surface area contributed by atoms with Crippen molar-refractivity contribution < 1.29 is 13.9 Å². The highest BCUT2D eigenvalue weighted by Gasteiger charge is 2.37. The van der Waals surface area contributed by atoms with Crippen LogP contribution in [-0.4, -0.2) is 13.2 Å². The third-order valence-corrected chi connectivity index (χ3v) is 3.62. The van der Waals surface area contributed by atoms with Crippen LogP contribution in [0.1, 0.15) is 31.2 Å². The van der Waals surface area contributed by atoms with Crippen LogP contribution in [0, 0.1) is 5.82 Å². The summed E-state index contributed by atoms with van der Waals surface area (Å²) in [5.41, 5.74) is 6.22. The molecule has 0 saturated heterocycles. The van der Waals surface area contributed by atoms with Crippen LogP contribution in [0.4, 0.5) is 4.39 Å². The Labute approximate surface area is 99.7 Å². The molecule has 3 nitrogen and oxygen atoms in total. The van der Waals surface area contributed by atoms with Gasteiger partial charge in [-0.15, -0.1) is 0 Å². The lowest BCUT2D eigenvalue weighted by Gasteiger charge is -2.39. The first-order valence-corrected chi connectivity index (χ1v) is 6.08. The summed E-state index contributed by atoms with van der Waals surface area (Å²) in [6, 6.07) is 3.12. The number of nitrogens with two attached hydrogens (primary N) is 1. The second kappa shape index (κ2) is 3.88. The number of halogens is 1. The molecule has 3 rings (SSSR count). The molecule has 0 amide bonds. The molecule has 1 aromatic carbocycles. The predicted octanol–water partition coefficient (Wildman–Crippen LogP) is 2.32. The Morgan fingerprint density at radius 1 is 1.06 bits per heavy atom. The number of hydrogen-bond donors (Lipinski definition) is 1. The average molecular weight is 237 g/mol. The fourth-order valence-corrected chi connectivity index (χ4v) is 2.39. The first-order chi connectivity index (χ1) is 8.19. The largest absolute Gasteiger partial charge is 0.490 e. The van der Waals surface area contributed by atoms with E-state index in [9.17, 15) is 4.39 Å². The molecule has 0 spiro atoms. The van der Waals surface area contributed by atoms with Crippen molar-refractivity contribution in [1.29, 1.82) is 0 Å². The molecule has 1 saturated carbocycles. The average Bonchev–Trinajstić information content (AvgIpc) is 2.49. The van der Waals surface area contributed by atoms with Crippen LogP contribution in [0.3, 0.4) is 0 Å². The summed E-state index contributed by atoms with van der Waals surface area (Å²) in [6.07, 6.45) is 3.55. The molecule has 0 radical (unpaired) electrons. The van der Waals surface area contributed by atoms with E-state index in [0.29, 0.717) is 30.3 Å². The molecular formula is C13H16FNO2. The van der Waals surface area contributed by atoms with Gasteiger partial charge in [0.25, 0.3) is 0 Å². The minimum atomic E-state index is -0.505. The molecule has 2 aliphatic rings. The second-order valence-corrected chi connectivity index (χ2v) is 4.84. The van der Waals surface area contributed by atoms with Crippen molar-refractivity contribution in [3.63, 3.8) is 0 Å². The topological polar surface area (TPSA) is 44.5 Å². The molecule has 1 aromatic rings. The zero-order valence-corrected chi connectivity index (χ0v) is 9.67. The van der Waals surface area contributed by atoms with Crippen LogP contribution in [0.15, 0.2) is 12.1 Å². The van der Waals surface area contributed by atoms with Crippen molar-refractivity contribution in [2.75, 3.05) is 13.2 Å². The first kappa shape index (κ1) is 10.8. The lowest BCUT2D eigenvalue weighted by atomic mass is 9.72. The number of ether oxygens (including phenoxy) is 2. The van der Waals surface area contributed by atoms with E-state index >= 15 is 0 Å². The molecule has 1 aliphatic heterocycles. The van der Waals surface area contributed by atoms with Gasteiger partial charge in [-0.05, 0) is 25.3 Å². The summed E-state index contributed by atoms with van der Waals surface area (Å²) >= 11 is 0. The van der Waals surface area contributed by atoms with E-state index in [1.54, 1.807) is 6.07 Å². The van der Waals surface area contributed by atoms with Gasteiger partial charge in [0, 0.05) is 23.6 Å². The zero-order valence-electron chi connectivity index (χ0n) is 9.67. The van der Waals surface area contributed by atoms with Crippen molar-refractivity contribution in [1.82, 2.24) is 0 Å². The molecule has 0 aromatic heterocycles. The Hall–Kier alpha value is -1.29. The Kier molecular flexibility index (Phi) is 2.47. The third kappa shape index (κ3) is 1.76. The van der Waals surface area contributed by atoms with Gasteiger partial charge in [-0.3, -0.25) is 0 Å². The Morgan fingerprint density at radius 3 is 2.29 bits per heavy atom. The smallest absolute Gasteiger partial charge is 0.164 e. The molecule has 17 heavy (non-hydrogen) atoms. The van der Waals surface area contributed by atoms with Crippen molar-refractivity contribution in [2.45, 2.75) is 31.2 Å². The van der Waals surface area contributed by atoms with Crippen LogP contribution in [0.2, 0.25) is 0 Å². The highest BCUT2D eigenvalue weighted by Crippen LogP contribution is 2.43. The van der Waals surface area contributed by atoms with Crippen molar-refractivity contribution >= 4 is 0 Å². The van der Waals surface area contributed by atoms with Crippen molar-refractivity contribution in [3.8, 4) is 11.5 Å². The lowest BCUT2D eigenvalue weighted by molar-refractivity contribution is 0.242. The molecule has 1 fully saturated rings. The number of fused-ring (bicyclic) bond motifs is 1. The van der Waals surface area contributed by atoms with Crippen LogP contribution in [0.25, 0.3) is 0 Å². The van der Waals surface area contributed by atoms with Gasteiger partial charge in [0.05, 0.1) is 13.2 Å². The SMILES string of the molecule is NC1(c2cc3c(cc2F)OCCCO3)CCC1. The van der Waals surface area contributed by atoms with E-state index in [1.165, 1.54) is 6.07 Å². The Morgan fingerprint density at radius 2 is 1.71 bits per heavy atom. The van der Waals surface area contributed by atoms with Gasteiger partial charge in [0.2, 0.25) is 0 Å². The highest BCUT2D eigenvalue weighted by atomic mass is 19.1. The molecule has 0 atom stereocenters. The molecule has 92 valence electrons. The Bertz CT molecular complexity index is 443. The van der Waals surface area contributed by atoms with Gasteiger partial charge in [-0.2, -0.15) is 0 Å². The molecule has 0 bridgehead atoms. The fourth-order valence-electron chi connectivity index (χ4n) is 2.39. The second-order valence-electron chi connectivity index (χ2n) is 4.84. The molecule has 4 heteroatoms. The van der Waals surface area contributed by atoms with Gasteiger partial charge in [0.15, 0.2) is 11.5 Å². The van der Waals surface area contributed by atoms with E-state index in [0.717, 1.165) is 25.7 Å². The molecule has 2 N–H and O–H groups in total. The summed E-state index contributed by atoms with van der Waals surface area (Å²) in [6.45, 7) is 1.18. The maximum absolute atomic E-state index is 14.0. The Balaban J connectivity index is 2.02. The summed E-state index contributed by atoms with van der Waals surface area (Å²) < 4.78 is 25.0. The number of rotatable bonds is 1. The standard InChI is InChI=1S/C13H16FNO2/c14-10-8-12-11(16-5-2-6-17-12)7-9(10)13(15)3-1-4-13/h7-8H,1-6,15H2. The zero-order chi connectivity index (χ0) is 11.9. The highest BCUT2D eigenvalue weighted by molar-refractivity contribution is 5.46. The van der Waals surface area contributed by atoms with E-state index in [2.05, 4.69) is 0 Å². The van der Waals surface area contributed by atoms with Crippen LogP contribution in [0.5, 0.6) is 11.5 Å². The monoisotopic (exact) mass is 237 g/mol. The lowest BCUT2D eigenvalue weighted by Crippen LogP contribution is -2.44. The van der Waals surface area contributed by atoms with Gasteiger partial charge >= 0.3 is 0 Å². The van der Waals surface area contributed by atoms with E-state index < -0.39 is 5.54 Å². The molecule has 1 heterocycles. The molecule has 0 unspecified atom stereocenters. The van der Waals surface area contributed by atoms with Gasteiger partial charge in [-0.25, -0.2) is 4.39 Å². The normalized spacial score (nSPS) is 21.5. The maximum Gasteiger partial charge on any atom is 0.164 e. The first-order valence-electron chi connectivity index (χ1n) is 6.08. The maximum atomic E-state index is 14.0. The van der Waals surface area contributed by atoms with Gasteiger partial charge in [-0.1, -0.05) is 0 Å². The van der Waals surface area contributed by atoms with Crippen molar-refractivity contribution in [3.05, 3.63) is 23.5 Å². The van der Waals surface area contributed by atoms with Crippen LogP contribution in [-0.2, 0) is 5.54 Å². The van der Waals surface area contributed by atoms with E-state index in [-0.39, 0.29) is 5.82 Å². The summed E-state index contributed by atoms with van der Waals surface area (Å²) in [4.78, 5) is 0. The number of hydrogen-bond acceptors (Lipinski definition) is 3. The van der Waals surface area contributed by atoms with E-state index in [4.69, 9.17) is 15.2 Å². The van der Waals surface area contributed by atoms with Crippen molar-refractivity contribution in [2.24, 2.45) is 5.73 Å². The summed E-state index contributed by atoms with van der Waals surface area (Å²) in [5.74, 6) is 0.832. The number of benzene rings is 1. The van der Waals surface area contributed by atoms with Gasteiger partial charge < -0.3 is 15.2 Å². The summed E-state index contributed by atoms with van der Waals surface area (Å²) in [5, 5.41) is 0. The molecule has 1 aliphatic carbocycles. The van der Waals surface area contributed by atoms with Crippen LogP contribution < -0.4 is 15.2 Å². The van der Waals surface area contributed by atoms with Crippen LogP contribution >= 0.6 is 0 Å². The minimum Gasteiger partial charge on any atom is -0.490 e. The third-order valence-electron chi connectivity index (χ3n) is 3.62. The minimum absolute atomic E-state index is 0.281. The van der Waals surface area contributed by atoms with Gasteiger partial charge in [0.1, 0.15) is 5.82 Å². The quantitative estimate of drug-likeness (QED) is 0.815. The van der Waals surface area contributed by atoms with E-state index in [1.807, 2.05) is 0 Å². The molecular weight excluding hydrogens is 221 g/mol. The fraction of sp³-hybridized carbons (Fsp3) is 0.538. The predicted molar refractivity (Wildman–Crippen MR) is 61.7 cm³/mol.